The van der Waals surface area contributed by atoms with Crippen LogP contribution < -0.4 is 10.6 Å². The van der Waals surface area contributed by atoms with Crippen LogP contribution in [0.3, 0.4) is 0 Å². The van der Waals surface area contributed by atoms with Gasteiger partial charge in [0, 0.05) is 19.0 Å². The van der Waals surface area contributed by atoms with Gasteiger partial charge in [0.15, 0.2) is 0 Å². The van der Waals surface area contributed by atoms with Crippen molar-refractivity contribution in [1.29, 1.82) is 0 Å². The van der Waals surface area contributed by atoms with E-state index in [2.05, 4.69) is 29.6 Å². The molecule has 29 heavy (non-hydrogen) atoms. The van der Waals surface area contributed by atoms with Gasteiger partial charge in [-0.25, -0.2) is 4.79 Å². The zero-order valence-corrected chi connectivity index (χ0v) is 18.0. The number of nitrogens with one attached hydrogen (secondary N) is 2. The van der Waals surface area contributed by atoms with E-state index < -0.39 is 5.97 Å². The molecule has 0 aromatic carbocycles. The molecular formula is C20H33N5O4. The van der Waals surface area contributed by atoms with Gasteiger partial charge in [0.1, 0.15) is 11.4 Å². The molecule has 0 aliphatic carbocycles. The van der Waals surface area contributed by atoms with Gasteiger partial charge in [-0.15, -0.1) is 0 Å². The van der Waals surface area contributed by atoms with Crippen LogP contribution in [0.1, 0.15) is 50.9 Å². The molecule has 0 radical (unpaired) electrons. The Morgan fingerprint density at radius 2 is 1.90 bits per heavy atom. The van der Waals surface area contributed by atoms with Crippen molar-refractivity contribution in [2.75, 3.05) is 31.6 Å². The summed E-state index contributed by atoms with van der Waals surface area (Å²) < 4.78 is 6.44. The monoisotopic (exact) mass is 407 g/mol. The Labute approximate surface area is 172 Å². The number of likely N-dealkylation sites (tertiary alicyclic amines) is 1. The molecule has 1 saturated heterocycles. The molecule has 0 bridgehead atoms. The fraction of sp³-hybridized carbons (Fsp3) is 0.700. The lowest BCUT2D eigenvalue weighted by molar-refractivity contribution is -0.127. The highest BCUT2D eigenvalue weighted by Crippen LogP contribution is 2.19. The largest absolute Gasteiger partial charge is 0.462 e. The first kappa shape index (κ1) is 22.9. The van der Waals surface area contributed by atoms with Gasteiger partial charge >= 0.3 is 5.97 Å². The number of carbonyl (C=O) groups is 3. The van der Waals surface area contributed by atoms with Gasteiger partial charge in [0.2, 0.25) is 11.8 Å². The van der Waals surface area contributed by atoms with Crippen molar-refractivity contribution in [1.82, 2.24) is 20.0 Å². The molecule has 9 heteroatoms. The zero-order chi connectivity index (χ0) is 21.6. The number of anilines is 1. The van der Waals surface area contributed by atoms with Crippen molar-refractivity contribution in [3.63, 3.8) is 0 Å². The molecule has 1 unspecified atom stereocenters. The normalized spacial score (nSPS) is 16.5. The number of piperidine rings is 1. The Morgan fingerprint density at radius 3 is 2.48 bits per heavy atom. The first-order valence-electron chi connectivity index (χ1n) is 10.2. The van der Waals surface area contributed by atoms with Gasteiger partial charge in [-0.1, -0.05) is 13.8 Å². The zero-order valence-electron chi connectivity index (χ0n) is 18.0. The first-order chi connectivity index (χ1) is 13.7. The first-order valence-corrected chi connectivity index (χ1v) is 10.2. The van der Waals surface area contributed by atoms with E-state index in [9.17, 15) is 14.4 Å². The predicted octanol–water partition coefficient (Wildman–Crippen LogP) is 1.41. The van der Waals surface area contributed by atoms with Crippen LogP contribution in [0.25, 0.3) is 0 Å². The molecule has 0 saturated carbocycles. The molecule has 2 N–H and O–H groups in total. The maximum atomic E-state index is 12.5. The molecule has 1 fully saturated rings. The molecule has 2 rings (SSSR count). The van der Waals surface area contributed by atoms with E-state index in [4.69, 9.17) is 4.74 Å². The van der Waals surface area contributed by atoms with Crippen LogP contribution in [0, 0.1) is 11.8 Å². The van der Waals surface area contributed by atoms with Crippen LogP contribution in [0.4, 0.5) is 5.82 Å². The highest BCUT2D eigenvalue weighted by atomic mass is 16.5. The minimum absolute atomic E-state index is 0.0111. The molecule has 1 aromatic heterocycles. The van der Waals surface area contributed by atoms with Gasteiger partial charge in [-0.3, -0.25) is 19.2 Å². The lowest BCUT2D eigenvalue weighted by Crippen LogP contribution is -2.45. The van der Waals surface area contributed by atoms with Crippen LogP contribution in [-0.4, -0.2) is 64.7 Å². The van der Waals surface area contributed by atoms with Crippen molar-refractivity contribution in [2.24, 2.45) is 18.9 Å². The summed E-state index contributed by atoms with van der Waals surface area (Å²) in [5.74, 6) is 0.0701. The maximum Gasteiger partial charge on any atom is 0.343 e. The molecule has 2 heterocycles. The van der Waals surface area contributed by atoms with Crippen LogP contribution in [-0.2, 0) is 21.4 Å². The van der Waals surface area contributed by atoms with E-state index in [1.165, 1.54) is 10.9 Å². The van der Waals surface area contributed by atoms with E-state index in [-0.39, 0.29) is 42.5 Å². The summed E-state index contributed by atoms with van der Waals surface area (Å²) in [5, 5.41) is 9.86. The second-order valence-electron chi connectivity index (χ2n) is 7.89. The number of rotatable bonds is 8. The molecule has 0 spiro atoms. The highest BCUT2D eigenvalue weighted by Gasteiger charge is 2.27. The van der Waals surface area contributed by atoms with Crippen LogP contribution >= 0.6 is 0 Å². The molecule has 1 aromatic rings. The summed E-state index contributed by atoms with van der Waals surface area (Å²) >= 11 is 0. The van der Waals surface area contributed by atoms with Gasteiger partial charge < -0.3 is 15.4 Å². The second-order valence-corrected chi connectivity index (χ2v) is 7.89. The van der Waals surface area contributed by atoms with Crippen LogP contribution in [0.5, 0.6) is 0 Å². The Hall–Kier alpha value is -2.42. The van der Waals surface area contributed by atoms with E-state index in [1.807, 2.05) is 11.8 Å². The maximum absolute atomic E-state index is 12.5. The number of esters is 1. The molecule has 1 aliphatic rings. The fourth-order valence-electron chi connectivity index (χ4n) is 3.18. The molecule has 1 aliphatic heterocycles. The average Bonchev–Trinajstić information content (AvgIpc) is 3.02. The summed E-state index contributed by atoms with van der Waals surface area (Å²) in [6, 6.07) is 0.152. The number of hydrogen-bond donors (Lipinski definition) is 2. The number of amides is 2. The minimum Gasteiger partial charge on any atom is -0.462 e. The van der Waals surface area contributed by atoms with Gasteiger partial charge in [-0.2, -0.15) is 5.10 Å². The quantitative estimate of drug-likeness (QED) is 0.631. The highest BCUT2D eigenvalue weighted by molar-refractivity contribution is 6.00. The van der Waals surface area contributed by atoms with E-state index in [0.717, 1.165) is 12.8 Å². The topological polar surface area (TPSA) is 106 Å². The van der Waals surface area contributed by atoms with E-state index in [0.29, 0.717) is 24.8 Å². The van der Waals surface area contributed by atoms with E-state index >= 15 is 0 Å². The summed E-state index contributed by atoms with van der Waals surface area (Å²) in [6.07, 6.45) is 2.84. The van der Waals surface area contributed by atoms with Crippen molar-refractivity contribution in [3.8, 4) is 0 Å². The van der Waals surface area contributed by atoms with E-state index in [1.54, 1.807) is 14.0 Å². The fourth-order valence-corrected chi connectivity index (χ4v) is 3.18. The minimum atomic E-state index is -0.515. The molecule has 2 amide bonds. The molecule has 1 atom stereocenters. The number of nitrogens with zero attached hydrogens (tertiary/aromatic N) is 3. The van der Waals surface area contributed by atoms with Gasteiger partial charge in [-0.05, 0) is 45.7 Å². The number of hydrogen-bond acceptors (Lipinski definition) is 6. The summed E-state index contributed by atoms with van der Waals surface area (Å²) in [6.45, 7) is 9.72. The third kappa shape index (κ3) is 6.28. The van der Waals surface area contributed by atoms with Gasteiger partial charge in [0.05, 0.1) is 19.3 Å². The number of carbonyl (C=O) groups excluding carboxylic acids is 3. The third-order valence-corrected chi connectivity index (χ3v) is 5.39. The Bertz CT molecular complexity index is 722. The number of ether oxygens (including phenoxy) is 1. The Kier molecular flexibility index (Phi) is 8.19. The standard InChI is InChI=1S/C20H33N5O4/c1-6-29-20(28)16-11-21-24(5)18(16)23-17(26)12-25-9-7-15(8-10-25)19(27)22-14(4)13(2)3/h11,13-15H,6-10,12H2,1-5H3,(H,22,27)(H,23,26). The lowest BCUT2D eigenvalue weighted by atomic mass is 9.95. The van der Waals surface area contributed by atoms with Crippen LogP contribution in [0.15, 0.2) is 6.20 Å². The smallest absolute Gasteiger partial charge is 0.343 e. The van der Waals surface area contributed by atoms with Crippen LogP contribution in [0.2, 0.25) is 0 Å². The Balaban J connectivity index is 1.84. The third-order valence-electron chi connectivity index (χ3n) is 5.39. The lowest BCUT2D eigenvalue weighted by Gasteiger charge is -2.31. The van der Waals surface area contributed by atoms with Crippen molar-refractivity contribution in [3.05, 3.63) is 11.8 Å². The van der Waals surface area contributed by atoms with Crippen molar-refractivity contribution < 1.29 is 19.1 Å². The number of aryl methyl sites for hydroxylation is 1. The molecule has 162 valence electrons. The summed E-state index contributed by atoms with van der Waals surface area (Å²) in [5.41, 5.74) is 0.234. The Morgan fingerprint density at radius 1 is 1.24 bits per heavy atom. The molecular weight excluding hydrogens is 374 g/mol. The van der Waals surface area contributed by atoms with Gasteiger partial charge in [0.25, 0.3) is 0 Å². The SMILES string of the molecule is CCOC(=O)c1cnn(C)c1NC(=O)CN1CCC(C(=O)NC(C)C(C)C)CC1. The summed E-state index contributed by atoms with van der Waals surface area (Å²) in [4.78, 5) is 38.9. The van der Waals surface area contributed by atoms with Crippen molar-refractivity contribution >= 4 is 23.6 Å². The number of aromatic nitrogens is 2. The second kappa shape index (κ2) is 10.4. The average molecular weight is 408 g/mol. The molecule has 9 nitrogen and oxygen atoms in total. The summed E-state index contributed by atoms with van der Waals surface area (Å²) in [7, 11) is 1.65. The predicted molar refractivity (Wildman–Crippen MR) is 109 cm³/mol. The van der Waals surface area contributed by atoms with Crippen molar-refractivity contribution in [2.45, 2.75) is 46.6 Å².